The Morgan fingerprint density at radius 3 is 2.48 bits per heavy atom. The van der Waals surface area contributed by atoms with Crippen molar-refractivity contribution < 1.29 is 18.3 Å². The fraction of sp³-hybridized carbons (Fsp3) is 0.611. The highest BCUT2D eigenvalue weighted by Crippen LogP contribution is 2.26. The van der Waals surface area contributed by atoms with Crippen LogP contribution in [0.5, 0.6) is 0 Å². The molecule has 1 amide bonds. The Hall–Kier alpha value is -1.60. The lowest BCUT2D eigenvalue weighted by molar-refractivity contribution is -0.133. The molecule has 1 fully saturated rings. The quantitative estimate of drug-likeness (QED) is 0.860. The molecule has 1 aromatic rings. The summed E-state index contributed by atoms with van der Waals surface area (Å²) in [7, 11) is -1.96. The van der Waals surface area contributed by atoms with Gasteiger partial charge in [-0.15, -0.1) is 0 Å². The van der Waals surface area contributed by atoms with Gasteiger partial charge in [-0.25, -0.2) is 8.42 Å². The molecular weight excluding hydrogens is 340 g/mol. The fourth-order valence-corrected chi connectivity index (χ4v) is 4.25. The number of aryl methyl sites for hydroxylation is 1. The molecule has 1 saturated carbocycles. The normalized spacial score (nSPS) is 21.0. The van der Waals surface area contributed by atoms with Crippen molar-refractivity contribution in [3.05, 3.63) is 29.3 Å². The summed E-state index contributed by atoms with van der Waals surface area (Å²) in [6, 6.07) is 5.16. The molecule has 25 heavy (non-hydrogen) atoms. The zero-order valence-corrected chi connectivity index (χ0v) is 16.2. The zero-order valence-electron chi connectivity index (χ0n) is 15.4. The van der Waals surface area contributed by atoms with E-state index in [0.717, 1.165) is 41.0 Å². The maximum atomic E-state index is 12.7. The van der Waals surface area contributed by atoms with Crippen LogP contribution in [-0.2, 0) is 14.8 Å². The van der Waals surface area contributed by atoms with Gasteiger partial charge in [0.2, 0.25) is 15.9 Å². The number of sulfonamides is 1. The van der Waals surface area contributed by atoms with Gasteiger partial charge in [0.1, 0.15) is 6.54 Å². The van der Waals surface area contributed by atoms with Crippen LogP contribution >= 0.6 is 0 Å². The highest BCUT2D eigenvalue weighted by molar-refractivity contribution is 7.92. The second kappa shape index (κ2) is 7.74. The van der Waals surface area contributed by atoms with Crippen LogP contribution in [0, 0.1) is 13.8 Å². The lowest BCUT2D eigenvalue weighted by Crippen LogP contribution is -2.50. The summed E-state index contributed by atoms with van der Waals surface area (Å²) in [4.78, 5) is 14.2. The number of benzene rings is 1. The molecule has 0 aromatic heterocycles. The molecule has 1 aromatic carbocycles. The van der Waals surface area contributed by atoms with E-state index < -0.39 is 16.1 Å². The summed E-state index contributed by atoms with van der Waals surface area (Å²) in [6.45, 7) is 3.50. The van der Waals surface area contributed by atoms with Crippen molar-refractivity contribution in [1.82, 2.24) is 4.90 Å². The minimum Gasteiger partial charge on any atom is -0.391 e. The van der Waals surface area contributed by atoms with E-state index in [0.29, 0.717) is 12.1 Å². The van der Waals surface area contributed by atoms with E-state index in [1.54, 1.807) is 19.2 Å². The maximum Gasteiger partial charge on any atom is 0.243 e. The molecule has 1 aliphatic rings. The van der Waals surface area contributed by atoms with Crippen LogP contribution in [0.15, 0.2) is 18.2 Å². The Morgan fingerprint density at radius 2 is 1.88 bits per heavy atom. The SMILES string of the molecule is Cc1cccc(N(CC(=O)N(C)C2CCCCC2O)S(C)(=O)=O)c1C. The first-order valence-electron chi connectivity index (χ1n) is 8.60. The molecule has 2 atom stereocenters. The molecule has 140 valence electrons. The third kappa shape index (κ3) is 4.52. The third-order valence-corrected chi connectivity index (χ3v) is 6.24. The smallest absolute Gasteiger partial charge is 0.243 e. The summed E-state index contributed by atoms with van der Waals surface area (Å²) < 4.78 is 25.8. The van der Waals surface area contributed by atoms with Gasteiger partial charge >= 0.3 is 0 Å². The summed E-state index contributed by atoms with van der Waals surface area (Å²) in [5.74, 6) is -0.308. The molecule has 7 heteroatoms. The maximum absolute atomic E-state index is 12.7. The first-order valence-corrected chi connectivity index (χ1v) is 10.5. The first kappa shape index (κ1) is 19.7. The molecule has 1 N–H and O–H groups in total. The lowest BCUT2D eigenvalue weighted by atomic mass is 9.91. The highest BCUT2D eigenvalue weighted by Gasteiger charge is 2.31. The number of rotatable bonds is 5. The molecule has 0 bridgehead atoms. The van der Waals surface area contributed by atoms with Crippen molar-refractivity contribution in [2.45, 2.75) is 51.7 Å². The van der Waals surface area contributed by atoms with E-state index >= 15 is 0 Å². The van der Waals surface area contributed by atoms with Gasteiger partial charge in [0.25, 0.3) is 0 Å². The standard InChI is InChI=1S/C18H28N2O4S/c1-13-8-7-10-15(14(13)2)20(25(4,23)24)12-18(22)19(3)16-9-5-6-11-17(16)21/h7-8,10,16-17,21H,5-6,9,11-12H2,1-4H3. The average molecular weight is 368 g/mol. The van der Waals surface area contributed by atoms with Gasteiger partial charge in [-0.3, -0.25) is 9.10 Å². The molecule has 2 unspecified atom stereocenters. The van der Waals surface area contributed by atoms with Gasteiger partial charge in [-0.05, 0) is 43.9 Å². The van der Waals surface area contributed by atoms with E-state index in [-0.39, 0.29) is 18.5 Å². The first-order chi connectivity index (χ1) is 11.6. The molecule has 2 rings (SSSR count). The van der Waals surface area contributed by atoms with Crippen LogP contribution in [0.3, 0.4) is 0 Å². The van der Waals surface area contributed by atoms with Crippen molar-refractivity contribution in [3.8, 4) is 0 Å². The fourth-order valence-electron chi connectivity index (χ4n) is 3.35. The van der Waals surface area contributed by atoms with Crippen LogP contribution in [0.4, 0.5) is 5.69 Å². The van der Waals surface area contributed by atoms with Crippen LogP contribution < -0.4 is 4.31 Å². The Labute approximate surface area is 150 Å². The van der Waals surface area contributed by atoms with Gasteiger partial charge in [0, 0.05) is 7.05 Å². The minimum absolute atomic E-state index is 0.249. The largest absolute Gasteiger partial charge is 0.391 e. The number of amides is 1. The van der Waals surface area contributed by atoms with E-state index in [1.807, 2.05) is 19.9 Å². The van der Waals surface area contributed by atoms with Crippen LogP contribution in [0.1, 0.15) is 36.8 Å². The molecule has 0 spiro atoms. The van der Waals surface area contributed by atoms with Crippen LogP contribution in [0.2, 0.25) is 0 Å². The minimum atomic E-state index is -3.61. The van der Waals surface area contributed by atoms with Gasteiger partial charge in [0.15, 0.2) is 0 Å². The number of hydrogen-bond donors (Lipinski definition) is 1. The Bertz CT molecular complexity index is 733. The predicted octanol–water partition coefficient (Wildman–Crippen LogP) is 1.83. The van der Waals surface area contributed by atoms with Crippen LogP contribution in [0.25, 0.3) is 0 Å². The monoisotopic (exact) mass is 368 g/mol. The van der Waals surface area contributed by atoms with Gasteiger partial charge in [-0.1, -0.05) is 25.0 Å². The number of carbonyl (C=O) groups excluding carboxylic acids is 1. The van der Waals surface area contributed by atoms with Crippen molar-refractivity contribution in [1.29, 1.82) is 0 Å². The Balaban J connectivity index is 2.25. The molecule has 0 heterocycles. The predicted molar refractivity (Wildman–Crippen MR) is 99.1 cm³/mol. The summed E-state index contributed by atoms with van der Waals surface area (Å²) in [5, 5.41) is 10.2. The summed E-state index contributed by atoms with van der Waals surface area (Å²) >= 11 is 0. The molecular formula is C18H28N2O4S. The van der Waals surface area contributed by atoms with Crippen molar-refractivity contribution >= 4 is 21.6 Å². The molecule has 0 aliphatic heterocycles. The summed E-state index contributed by atoms with van der Waals surface area (Å²) in [5.41, 5.74) is 2.32. The Morgan fingerprint density at radius 1 is 1.24 bits per heavy atom. The number of anilines is 1. The van der Waals surface area contributed by atoms with Gasteiger partial charge < -0.3 is 10.0 Å². The van der Waals surface area contributed by atoms with E-state index in [1.165, 1.54) is 4.90 Å². The van der Waals surface area contributed by atoms with E-state index in [9.17, 15) is 18.3 Å². The zero-order chi connectivity index (χ0) is 18.8. The number of aliphatic hydroxyl groups is 1. The Kier molecular flexibility index (Phi) is 6.11. The molecule has 1 aliphatic carbocycles. The molecule has 6 nitrogen and oxygen atoms in total. The van der Waals surface area contributed by atoms with Crippen molar-refractivity contribution in [3.63, 3.8) is 0 Å². The second-order valence-corrected chi connectivity index (χ2v) is 8.82. The average Bonchev–Trinajstić information content (AvgIpc) is 2.54. The number of hydrogen-bond acceptors (Lipinski definition) is 4. The van der Waals surface area contributed by atoms with Crippen molar-refractivity contribution in [2.24, 2.45) is 0 Å². The lowest BCUT2D eigenvalue weighted by Gasteiger charge is -2.36. The van der Waals surface area contributed by atoms with Crippen molar-refractivity contribution in [2.75, 3.05) is 24.2 Å². The van der Waals surface area contributed by atoms with E-state index in [4.69, 9.17) is 0 Å². The topological polar surface area (TPSA) is 77.9 Å². The number of nitrogens with zero attached hydrogens (tertiary/aromatic N) is 2. The summed E-state index contributed by atoms with van der Waals surface area (Å²) in [6.07, 6.45) is 3.90. The molecule has 0 saturated heterocycles. The second-order valence-electron chi connectivity index (χ2n) is 6.91. The van der Waals surface area contributed by atoms with Crippen LogP contribution in [-0.4, -0.2) is 56.3 Å². The highest BCUT2D eigenvalue weighted by atomic mass is 32.2. The van der Waals surface area contributed by atoms with E-state index in [2.05, 4.69) is 0 Å². The number of carbonyl (C=O) groups is 1. The molecule has 0 radical (unpaired) electrons. The third-order valence-electron chi connectivity index (χ3n) is 5.11. The van der Waals surface area contributed by atoms with Gasteiger partial charge in [0.05, 0.1) is 24.1 Å². The van der Waals surface area contributed by atoms with Gasteiger partial charge in [-0.2, -0.15) is 0 Å². The number of likely N-dealkylation sites (N-methyl/N-ethyl adjacent to an activating group) is 1. The number of aliphatic hydroxyl groups excluding tert-OH is 1.